The number of imidazole rings is 1. The highest BCUT2D eigenvalue weighted by molar-refractivity contribution is 7.71. The first kappa shape index (κ1) is 11.1. The van der Waals surface area contributed by atoms with E-state index in [1.54, 1.807) is 12.5 Å². The van der Waals surface area contributed by atoms with Crippen LogP contribution < -0.4 is 0 Å². The maximum Gasteiger partial charge on any atom is 0.195 e. The van der Waals surface area contributed by atoms with Crippen LogP contribution in [-0.4, -0.2) is 24.3 Å². The van der Waals surface area contributed by atoms with Crippen LogP contribution in [0.2, 0.25) is 0 Å². The van der Waals surface area contributed by atoms with Gasteiger partial charge in [-0.2, -0.15) is 5.10 Å². The van der Waals surface area contributed by atoms with E-state index in [0.29, 0.717) is 10.7 Å². The highest BCUT2D eigenvalue weighted by Crippen LogP contribution is 2.11. The fraction of sp³-hybridized carbons (Fsp3) is 0.500. The first-order valence-corrected chi connectivity index (χ1v) is 5.70. The van der Waals surface area contributed by atoms with Crippen molar-refractivity contribution in [3.8, 4) is 0 Å². The number of nitrogens with one attached hydrogen (secondary N) is 1. The molecule has 2 heterocycles. The van der Waals surface area contributed by atoms with Crippen molar-refractivity contribution in [1.29, 1.82) is 0 Å². The van der Waals surface area contributed by atoms with E-state index in [2.05, 4.69) is 29.0 Å². The van der Waals surface area contributed by atoms with Crippen molar-refractivity contribution < 1.29 is 0 Å². The predicted molar refractivity (Wildman–Crippen MR) is 63.7 cm³/mol. The van der Waals surface area contributed by atoms with Crippen molar-refractivity contribution in [1.82, 2.24) is 24.3 Å². The van der Waals surface area contributed by atoms with Crippen LogP contribution in [-0.2, 0) is 13.1 Å². The molecule has 0 spiro atoms. The number of nitrogens with zero attached hydrogens (tertiary/aromatic N) is 4. The molecule has 16 heavy (non-hydrogen) atoms. The highest BCUT2D eigenvalue weighted by Gasteiger charge is 2.09. The Morgan fingerprint density at radius 3 is 2.88 bits per heavy atom. The Hall–Kier alpha value is -1.43. The second-order valence-corrected chi connectivity index (χ2v) is 4.38. The second-order valence-electron chi connectivity index (χ2n) is 3.99. The van der Waals surface area contributed by atoms with Crippen LogP contribution in [0.5, 0.6) is 0 Å². The molecule has 0 unspecified atom stereocenters. The van der Waals surface area contributed by atoms with Gasteiger partial charge in [-0.25, -0.2) is 4.98 Å². The summed E-state index contributed by atoms with van der Waals surface area (Å²) in [5.41, 5.74) is 0. The largest absolute Gasteiger partial charge is 0.336 e. The minimum Gasteiger partial charge on any atom is -0.336 e. The first-order chi connectivity index (χ1) is 7.68. The number of hydrogen-bond donors (Lipinski definition) is 1. The minimum atomic E-state index is 0.371. The minimum absolute atomic E-state index is 0.371. The van der Waals surface area contributed by atoms with E-state index in [9.17, 15) is 0 Å². The quantitative estimate of drug-likeness (QED) is 0.827. The topological polar surface area (TPSA) is 51.4 Å². The summed E-state index contributed by atoms with van der Waals surface area (Å²) < 4.78 is 4.75. The van der Waals surface area contributed by atoms with E-state index in [-0.39, 0.29) is 0 Å². The zero-order valence-electron chi connectivity index (χ0n) is 9.42. The van der Waals surface area contributed by atoms with E-state index >= 15 is 0 Å². The van der Waals surface area contributed by atoms with E-state index in [1.807, 2.05) is 15.3 Å². The van der Waals surface area contributed by atoms with Gasteiger partial charge in [0.15, 0.2) is 4.77 Å². The van der Waals surface area contributed by atoms with E-state index in [1.165, 1.54) is 0 Å². The lowest BCUT2D eigenvalue weighted by Gasteiger charge is -2.09. The fourth-order valence-corrected chi connectivity index (χ4v) is 1.85. The summed E-state index contributed by atoms with van der Waals surface area (Å²) >= 11 is 5.21. The number of aryl methyl sites for hydroxylation is 1. The van der Waals surface area contributed by atoms with E-state index in [0.717, 1.165) is 18.9 Å². The smallest absolute Gasteiger partial charge is 0.195 e. The van der Waals surface area contributed by atoms with Gasteiger partial charge < -0.3 is 9.13 Å². The number of hydrogen-bond acceptors (Lipinski definition) is 3. The van der Waals surface area contributed by atoms with Gasteiger partial charge in [-0.15, -0.1) is 0 Å². The lowest BCUT2D eigenvalue weighted by Crippen LogP contribution is -2.10. The Bertz CT molecular complexity index is 494. The Kier molecular flexibility index (Phi) is 3.19. The monoisotopic (exact) mass is 237 g/mol. The van der Waals surface area contributed by atoms with Crippen LogP contribution in [0.4, 0.5) is 0 Å². The highest BCUT2D eigenvalue weighted by atomic mass is 32.1. The molecule has 0 aliphatic carbocycles. The van der Waals surface area contributed by atoms with E-state index in [4.69, 9.17) is 12.2 Å². The summed E-state index contributed by atoms with van der Waals surface area (Å²) in [6.45, 7) is 5.89. The van der Waals surface area contributed by atoms with Crippen LogP contribution in [0.15, 0.2) is 18.7 Å². The zero-order chi connectivity index (χ0) is 11.5. The molecule has 0 saturated heterocycles. The molecular weight excluding hydrogens is 222 g/mol. The molecule has 5 nitrogen and oxygen atoms in total. The maximum atomic E-state index is 5.21. The zero-order valence-corrected chi connectivity index (χ0v) is 10.2. The van der Waals surface area contributed by atoms with Crippen molar-refractivity contribution in [2.24, 2.45) is 0 Å². The lowest BCUT2D eigenvalue weighted by atomic mass is 10.2. The van der Waals surface area contributed by atoms with Crippen LogP contribution in [0.25, 0.3) is 0 Å². The summed E-state index contributed by atoms with van der Waals surface area (Å²) in [7, 11) is 0. The third-order valence-electron chi connectivity index (χ3n) is 2.45. The van der Waals surface area contributed by atoms with Crippen LogP contribution >= 0.6 is 12.2 Å². The standard InChI is InChI=1S/C10H15N5S/c1-8(2)9-12-13-10(16)15(9)6-5-14-4-3-11-7-14/h3-4,7-8H,5-6H2,1-2H3,(H,13,16). The van der Waals surface area contributed by atoms with Gasteiger partial charge in [-0.3, -0.25) is 5.10 Å². The molecule has 2 aromatic heterocycles. The molecule has 2 aromatic rings. The predicted octanol–water partition coefficient (Wildman–Crippen LogP) is 1.96. The van der Waals surface area contributed by atoms with Crippen molar-refractivity contribution in [3.05, 3.63) is 29.3 Å². The van der Waals surface area contributed by atoms with Gasteiger partial charge in [0.2, 0.25) is 0 Å². The lowest BCUT2D eigenvalue weighted by molar-refractivity contribution is 0.542. The second kappa shape index (κ2) is 4.61. The Morgan fingerprint density at radius 1 is 1.44 bits per heavy atom. The molecule has 0 radical (unpaired) electrons. The van der Waals surface area contributed by atoms with E-state index < -0.39 is 0 Å². The van der Waals surface area contributed by atoms with Gasteiger partial charge in [0, 0.05) is 31.4 Å². The van der Waals surface area contributed by atoms with Crippen molar-refractivity contribution in [3.63, 3.8) is 0 Å². The Balaban J connectivity index is 2.14. The van der Waals surface area contributed by atoms with Gasteiger partial charge in [0.05, 0.1) is 6.33 Å². The molecule has 0 saturated carbocycles. The van der Waals surface area contributed by atoms with Crippen LogP contribution in [0, 0.1) is 4.77 Å². The molecule has 0 amide bonds. The first-order valence-electron chi connectivity index (χ1n) is 5.29. The molecule has 0 fully saturated rings. The normalized spacial score (nSPS) is 11.2. The van der Waals surface area contributed by atoms with Gasteiger partial charge in [-0.1, -0.05) is 13.8 Å². The Labute approximate surface area is 99.1 Å². The summed E-state index contributed by atoms with van der Waals surface area (Å²) in [5, 5.41) is 7.08. The molecule has 86 valence electrons. The molecule has 1 N–H and O–H groups in total. The average Bonchev–Trinajstić information content (AvgIpc) is 2.84. The summed E-state index contributed by atoms with van der Waals surface area (Å²) in [4.78, 5) is 4.01. The number of aromatic nitrogens is 5. The summed E-state index contributed by atoms with van der Waals surface area (Å²) in [5.74, 6) is 1.38. The number of H-pyrrole nitrogens is 1. The van der Waals surface area contributed by atoms with Crippen molar-refractivity contribution >= 4 is 12.2 Å². The average molecular weight is 237 g/mol. The number of rotatable bonds is 4. The number of aromatic amines is 1. The maximum absolute atomic E-state index is 5.21. The molecule has 0 aliphatic rings. The van der Waals surface area contributed by atoms with Gasteiger partial charge >= 0.3 is 0 Å². The SMILES string of the molecule is CC(C)c1n[nH]c(=S)n1CCn1ccnc1. The van der Waals surface area contributed by atoms with Gasteiger partial charge in [-0.05, 0) is 12.2 Å². The molecule has 2 rings (SSSR count). The van der Waals surface area contributed by atoms with Crippen molar-refractivity contribution in [2.45, 2.75) is 32.9 Å². The molecule has 0 bridgehead atoms. The Morgan fingerprint density at radius 2 is 2.25 bits per heavy atom. The molecular formula is C10H15N5S. The molecule has 6 heteroatoms. The van der Waals surface area contributed by atoms with Gasteiger partial charge in [0.25, 0.3) is 0 Å². The van der Waals surface area contributed by atoms with Gasteiger partial charge in [0.1, 0.15) is 5.82 Å². The third kappa shape index (κ3) is 2.21. The van der Waals surface area contributed by atoms with Crippen LogP contribution in [0.3, 0.4) is 0 Å². The molecule has 0 aliphatic heterocycles. The summed E-state index contributed by atoms with van der Waals surface area (Å²) in [6.07, 6.45) is 5.52. The van der Waals surface area contributed by atoms with Crippen LogP contribution in [0.1, 0.15) is 25.6 Å². The van der Waals surface area contributed by atoms with Crippen molar-refractivity contribution in [2.75, 3.05) is 0 Å². The summed E-state index contributed by atoms with van der Waals surface area (Å²) in [6, 6.07) is 0. The fourth-order valence-electron chi connectivity index (χ4n) is 1.62. The molecule has 0 atom stereocenters. The third-order valence-corrected chi connectivity index (χ3v) is 2.76. The molecule has 0 aromatic carbocycles.